The second-order valence-corrected chi connectivity index (χ2v) is 5.86. The summed E-state index contributed by atoms with van der Waals surface area (Å²) >= 11 is 6.09. The summed E-state index contributed by atoms with van der Waals surface area (Å²) in [5.41, 5.74) is 1.58. The van der Waals surface area contributed by atoms with Crippen LogP contribution in [0.3, 0.4) is 0 Å². The summed E-state index contributed by atoms with van der Waals surface area (Å²) in [7, 11) is 0. The molecular formula is C15H19ClN4O. The van der Waals surface area contributed by atoms with Gasteiger partial charge in [-0.3, -0.25) is 4.40 Å². The summed E-state index contributed by atoms with van der Waals surface area (Å²) in [5.74, 6) is 0. The molecule has 2 N–H and O–H groups in total. The molecule has 0 aliphatic heterocycles. The van der Waals surface area contributed by atoms with Gasteiger partial charge in [0.25, 0.3) is 0 Å². The number of hydrogen-bond acceptors (Lipinski definition) is 2. The Hall–Kier alpha value is -1.75. The Bertz CT molecular complexity index is 634. The number of nitrogens with zero attached hydrogens (tertiary/aromatic N) is 2. The third kappa shape index (κ3) is 3.47. The van der Waals surface area contributed by atoms with Crippen LogP contribution < -0.4 is 10.6 Å². The molecule has 0 aromatic carbocycles. The van der Waals surface area contributed by atoms with Gasteiger partial charge in [-0.1, -0.05) is 36.9 Å². The standard InChI is InChI=1S/C15H19ClN4O/c16-13-7-4-8-14-18-12(10-20(13)14)9-17-15(21)19-11-5-2-1-3-6-11/h4,7-8,10-11H,1-3,5-6,9H2,(H2,17,19,21). The van der Waals surface area contributed by atoms with Gasteiger partial charge in [-0.25, -0.2) is 9.78 Å². The Morgan fingerprint density at radius 2 is 2.14 bits per heavy atom. The predicted octanol–water partition coefficient (Wildman–Crippen LogP) is 3.12. The maximum absolute atomic E-state index is 11.9. The fourth-order valence-electron chi connectivity index (χ4n) is 2.77. The van der Waals surface area contributed by atoms with Gasteiger partial charge in [-0.2, -0.15) is 0 Å². The fourth-order valence-corrected chi connectivity index (χ4v) is 2.98. The van der Waals surface area contributed by atoms with Crippen molar-refractivity contribution in [2.45, 2.75) is 44.7 Å². The zero-order valence-corrected chi connectivity index (χ0v) is 12.6. The van der Waals surface area contributed by atoms with Gasteiger partial charge < -0.3 is 10.6 Å². The van der Waals surface area contributed by atoms with E-state index in [1.807, 2.05) is 24.4 Å². The van der Waals surface area contributed by atoms with Crippen molar-refractivity contribution < 1.29 is 4.79 Å². The van der Waals surface area contributed by atoms with Crippen LogP contribution in [-0.4, -0.2) is 21.5 Å². The van der Waals surface area contributed by atoms with E-state index in [1.165, 1.54) is 19.3 Å². The first-order valence-corrected chi connectivity index (χ1v) is 7.77. The van der Waals surface area contributed by atoms with Crippen LogP contribution in [0.25, 0.3) is 5.65 Å². The molecule has 5 nitrogen and oxygen atoms in total. The number of nitrogens with one attached hydrogen (secondary N) is 2. The van der Waals surface area contributed by atoms with Crippen LogP contribution in [-0.2, 0) is 6.54 Å². The summed E-state index contributed by atoms with van der Waals surface area (Å²) in [6, 6.07) is 5.75. The van der Waals surface area contributed by atoms with E-state index in [9.17, 15) is 4.79 Å². The van der Waals surface area contributed by atoms with E-state index >= 15 is 0 Å². The van der Waals surface area contributed by atoms with Gasteiger partial charge in [0.1, 0.15) is 10.8 Å². The van der Waals surface area contributed by atoms with Gasteiger partial charge in [0.2, 0.25) is 0 Å². The SMILES string of the molecule is O=C(NCc1cn2c(Cl)cccc2n1)NC1CCCCC1. The molecule has 2 aromatic rings. The van der Waals surface area contributed by atoms with Crippen molar-refractivity contribution in [1.29, 1.82) is 0 Å². The number of hydrogen-bond donors (Lipinski definition) is 2. The lowest BCUT2D eigenvalue weighted by atomic mass is 9.96. The minimum atomic E-state index is -0.120. The molecule has 0 radical (unpaired) electrons. The number of urea groups is 1. The number of fused-ring (bicyclic) bond motifs is 1. The largest absolute Gasteiger partial charge is 0.335 e. The first-order chi connectivity index (χ1) is 10.2. The summed E-state index contributed by atoms with van der Waals surface area (Å²) in [5, 5.41) is 6.49. The predicted molar refractivity (Wildman–Crippen MR) is 82.4 cm³/mol. The number of aromatic nitrogens is 2. The van der Waals surface area contributed by atoms with E-state index in [2.05, 4.69) is 15.6 Å². The summed E-state index contributed by atoms with van der Waals surface area (Å²) < 4.78 is 1.80. The van der Waals surface area contributed by atoms with Crippen molar-refractivity contribution in [2.75, 3.05) is 0 Å². The van der Waals surface area contributed by atoms with Crippen LogP contribution in [0.2, 0.25) is 5.15 Å². The molecule has 2 aromatic heterocycles. The molecule has 0 saturated heterocycles. The van der Waals surface area contributed by atoms with Crippen LogP contribution in [0.15, 0.2) is 24.4 Å². The van der Waals surface area contributed by atoms with Gasteiger partial charge in [0, 0.05) is 12.2 Å². The topological polar surface area (TPSA) is 58.4 Å². The number of carbonyl (C=O) groups is 1. The molecule has 1 aliphatic rings. The third-order valence-corrected chi connectivity index (χ3v) is 4.17. The van der Waals surface area contributed by atoms with Crippen molar-refractivity contribution in [2.24, 2.45) is 0 Å². The Balaban J connectivity index is 1.55. The van der Waals surface area contributed by atoms with Crippen molar-refractivity contribution in [3.05, 3.63) is 35.2 Å². The summed E-state index contributed by atoms with van der Waals surface area (Å²) in [6.07, 6.45) is 7.70. The van der Waals surface area contributed by atoms with Crippen molar-refractivity contribution in [3.63, 3.8) is 0 Å². The quantitative estimate of drug-likeness (QED) is 0.856. The Morgan fingerprint density at radius 1 is 1.33 bits per heavy atom. The highest BCUT2D eigenvalue weighted by Crippen LogP contribution is 2.17. The Morgan fingerprint density at radius 3 is 2.90 bits per heavy atom. The number of imidazole rings is 1. The van der Waals surface area contributed by atoms with Gasteiger partial charge in [-0.15, -0.1) is 0 Å². The molecule has 3 rings (SSSR count). The minimum absolute atomic E-state index is 0.120. The molecule has 0 spiro atoms. The van der Waals surface area contributed by atoms with E-state index in [-0.39, 0.29) is 6.03 Å². The second kappa shape index (κ2) is 6.35. The average Bonchev–Trinajstić information content (AvgIpc) is 2.91. The molecule has 1 saturated carbocycles. The van der Waals surface area contributed by atoms with Gasteiger partial charge in [0.05, 0.1) is 12.2 Å². The fraction of sp³-hybridized carbons (Fsp3) is 0.467. The van der Waals surface area contributed by atoms with E-state index in [1.54, 1.807) is 4.40 Å². The van der Waals surface area contributed by atoms with Crippen molar-refractivity contribution in [1.82, 2.24) is 20.0 Å². The van der Waals surface area contributed by atoms with E-state index in [0.717, 1.165) is 24.2 Å². The number of carbonyl (C=O) groups excluding carboxylic acids is 1. The maximum atomic E-state index is 11.9. The maximum Gasteiger partial charge on any atom is 0.315 e. The molecule has 2 heterocycles. The number of amides is 2. The van der Waals surface area contributed by atoms with Crippen LogP contribution in [0.5, 0.6) is 0 Å². The first kappa shape index (κ1) is 14.2. The molecule has 0 bridgehead atoms. The molecule has 6 heteroatoms. The molecule has 0 unspecified atom stereocenters. The lowest BCUT2D eigenvalue weighted by Gasteiger charge is -2.22. The average molecular weight is 307 g/mol. The zero-order valence-electron chi connectivity index (χ0n) is 11.8. The molecule has 1 fully saturated rings. The van der Waals surface area contributed by atoms with Gasteiger partial charge >= 0.3 is 6.03 Å². The smallest absolute Gasteiger partial charge is 0.315 e. The Labute approximate surface area is 128 Å². The molecule has 21 heavy (non-hydrogen) atoms. The third-order valence-electron chi connectivity index (χ3n) is 3.86. The molecular weight excluding hydrogens is 288 g/mol. The highest BCUT2D eigenvalue weighted by Gasteiger charge is 2.15. The van der Waals surface area contributed by atoms with Crippen molar-refractivity contribution in [3.8, 4) is 0 Å². The minimum Gasteiger partial charge on any atom is -0.335 e. The monoisotopic (exact) mass is 306 g/mol. The summed E-state index contributed by atoms with van der Waals surface area (Å²) in [4.78, 5) is 16.3. The number of rotatable bonds is 3. The zero-order chi connectivity index (χ0) is 14.7. The lowest BCUT2D eigenvalue weighted by molar-refractivity contribution is 0.232. The highest BCUT2D eigenvalue weighted by molar-refractivity contribution is 6.29. The second-order valence-electron chi connectivity index (χ2n) is 5.47. The number of halogens is 1. The van der Waals surface area contributed by atoms with Gasteiger partial charge in [0.15, 0.2) is 0 Å². The van der Waals surface area contributed by atoms with Crippen LogP contribution in [0, 0.1) is 0 Å². The van der Waals surface area contributed by atoms with Crippen LogP contribution in [0.1, 0.15) is 37.8 Å². The molecule has 112 valence electrons. The van der Waals surface area contributed by atoms with E-state index in [0.29, 0.717) is 17.7 Å². The molecule has 2 amide bonds. The normalized spacial score (nSPS) is 16.0. The number of pyridine rings is 1. The van der Waals surface area contributed by atoms with Gasteiger partial charge in [-0.05, 0) is 25.0 Å². The van der Waals surface area contributed by atoms with Crippen LogP contribution >= 0.6 is 11.6 Å². The van der Waals surface area contributed by atoms with E-state index in [4.69, 9.17) is 11.6 Å². The summed E-state index contributed by atoms with van der Waals surface area (Å²) in [6.45, 7) is 0.399. The molecule has 0 atom stereocenters. The van der Waals surface area contributed by atoms with Crippen molar-refractivity contribution >= 4 is 23.3 Å². The first-order valence-electron chi connectivity index (χ1n) is 7.39. The lowest BCUT2D eigenvalue weighted by Crippen LogP contribution is -2.42. The molecule has 1 aliphatic carbocycles. The van der Waals surface area contributed by atoms with Crippen LogP contribution in [0.4, 0.5) is 4.79 Å². The Kier molecular flexibility index (Phi) is 4.29. The van der Waals surface area contributed by atoms with E-state index < -0.39 is 0 Å². The highest BCUT2D eigenvalue weighted by atomic mass is 35.5.